The van der Waals surface area contributed by atoms with Crippen LogP contribution in [0.2, 0.25) is 0 Å². The van der Waals surface area contributed by atoms with Gasteiger partial charge in [0.1, 0.15) is 5.57 Å². The van der Waals surface area contributed by atoms with Crippen molar-refractivity contribution in [3.05, 3.63) is 11.6 Å². The minimum absolute atomic E-state index is 0.00310. The fraction of sp³-hybridized carbons (Fsp3) is 0.667. The third-order valence-electron chi connectivity index (χ3n) is 2.65. The summed E-state index contributed by atoms with van der Waals surface area (Å²) in [5.74, 6) is -1.09. The second-order valence-electron chi connectivity index (χ2n) is 4.51. The van der Waals surface area contributed by atoms with Crippen LogP contribution in [0.25, 0.3) is 0 Å². The van der Waals surface area contributed by atoms with Crippen LogP contribution >= 0.6 is 0 Å². The number of hydrogen-bond acceptors (Lipinski definition) is 3. The number of ether oxygens (including phenoxy) is 1. The molecule has 0 aromatic carbocycles. The summed E-state index contributed by atoms with van der Waals surface area (Å²) in [5, 5.41) is 2.77. The summed E-state index contributed by atoms with van der Waals surface area (Å²) in [6.07, 6.45) is 3.29. The van der Waals surface area contributed by atoms with Crippen LogP contribution in [0.3, 0.4) is 0 Å². The van der Waals surface area contributed by atoms with Crippen molar-refractivity contribution < 1.29 is 14.3 Å². The summed E-state index contributed by atoms with van der Waals surface area (Å²) in [6.45, 7) is 4.96. The molecule has 1 rings (SSSR count). The third-order valence-corrected chi connectivity index (χ3v) is 2.65. The quantitative estimate of drug-likeness (QED) is 0.649. The Balaban J connectivity index is 2.86. The van der Waals surface area contributed by atoms with Gasteiger partial charge < -0.3 is 15.8 Å². The van der Waals surface area contributed by atoms with Gasteiger partial charge in [0, 0.05) is 12.6 Å². The van der Waals surface area contributed by atoms with E-state index in [0.29, 0.717) is 13.2 Å². The molecule has 1 aliphatic rings. The molecule has 1 aliphatic heterocycles. The lowest BCUT2D eigenvalue weighted by Gasteiger charge is -2.13. The molecular weight excluding hydrogens is 220 g/mol. The average molecular weight is 240 g/mol. The number of hydrogen-bond donors (Lipinski definition) is 2. The highest BCUT2D eigenvalue weighted by molar-refractivity contribution is 6.17. The van der Waals surface area contributed by atoms with Gasteiger partial charge in [-0.25, -0.2) is 0 Å². The molecule has 2 unspecified atom stereocenters. The standard InChI is InChI=1S/C12H20N2O3/c1-8-6-10(11(13)15)12(16)14-9(2)4-3-5-17-7-8/h6,8-9H,3-5,7H2,1-2H3,(H2,13,15)(H,14,16)/b10-6-. The molecule has 0 fully saturated rings. The Kier molecular flexibility index (Phi) is 5.15. The zero-order valence-electron chi connectivity index (χ0n) is 10.4. The average Bonchev–Trinajstić information content (AvgIpc) is 2.26. The van der Waals surface area contributed by atoms with Gasteiger partial charge in [-0.3, -0.25) is 9.59 Å². The fourth-order valence-corrected chi connectivity index (χ4v) is 1.74. The van der Waals surface area contributed by atoms with Crippen molar-refractivity contribution in [1.82, 2.24) is 5.32 Å². The maximum atomic E-state index is 11.8. The molecule has 0 spiro atoms. The molecule has 0 radical (unpaired) electrons. The Bertz CT molecular complexity index is 326. The van der Waals surface area contributed by atoms with E-state index in [4.69, 9.17) is 10.5 Å². The molecule has 0 saturated heterocycles. The first-order valence-electron chi connectivity index (χ1n) is 5.91. The lowest BCUT2D eigenvalue weighted by molar-refractivity contribution is -0.122. The number of primary amides is 1. The molecule has 0 aromatic rings. The highest BCUT2D eigenvalue weighted by atomic mass is 16.5. The van der Waals surface area contributed by atoms with Crippen molar-refractivity contribution in [1.29, 1.82) is 0 Å². The molecule has 0 saturated carbocycles. The number of nitrogens with one attached hydrogen (secondary N) is 1. The highest BCUT2D eigenvalue weighted by Gasteiger charge is 2.19. The first-order chi connectivity index (χ1) is 8.00. The monoisotopic (exact) mass is 240 g/mol. The van der Waals surface area contributed by atoms with E-state index >= 15 is 0 Å². The molecule has 0 aromatic heterocycles. The molecule has 5 nitrogen and oxygen atoms in total. The van der Waals surface area contributed by atoms with Gasteiger partial charge in [0.25, 0.3) is 11.8 Å². The van der Waals surface area contributed by atoms with E-state index in [1.54, 1.807) is 6.08 Å². The summed E-state index contributed by atoms with van der Waals surface area (Å²) in [5.41, 5.74) is 5.23. The molecule has 0 bridgehead atoms. The predicted molar refractivity (Wildman–Crippen MR) is 64.1 cm³/mol. The Labute approximate surface area is 101 Å². The van der Waals surface area contributed by atoms with Crippen molar-refractivity contribution in [3.8, 4) is 0 Å². The zero-order chi connectivity index (χ0) is 12.8. The van der Waals surface area contributed by atoms with E-state index in [1.807, 2.05) is 13.8 Å². The lowest BCUT2D eigenvalue weighted by Crippen LogP contribution is -2.37. The van der Waals surface area contributed by atoms with Crippen molar-refractivity contribution in [3.63, 3.8) is 0 Å². The van der Waals surface area contributed by atoms with E-state index < -0.39 is 11.8 Å². The zero-order valence-corrected chi connectivity index (χ0v) is 10.4. The van der Waals surface area contributed by atoms with Gasteiger partial charge in [0.2, 0.25) is 0 Å². The first kappa shape index (κ1) is 13.7. The van der Waals surface area contributed by atoms with Crippen LogP contribution in [-0.2, 0) is 14.3 Å². The summed E-state index contributed by atoms with van der Waals surface area (Å²) in [6, 6.07) is 0.0160. The largest absolute Gasteiger partial charge is 0.381 e. The summed E-state index contributed by atoms with van der Waals surface area (Å²) in [7, 11) is 0. The van der Waals surface area contributed by atoms with Crippen LogP contribution in [0.1, 0.15) is 26.7 Å². The van der Waals surface area contributed by atoms with Crippen molar-refractivity contribution in [2.45, 2.75) is 32.7 Å². The van der Waals surface area contributed by atoms with Crippen molar-refractivity contribution in [2.75, 3.05) is 13.2 Å². The van der Waals surface area contributed by atoms with E-state index in [0.717, 1.165) is 12.8 Å². The number of rotatable bonds is 1. The van der Waals surface area contributed by atoms with Crippen LogP contribution in [0, 0.1) is 5.92 Å². The molecule has 17 heavy (non-hydrogen) atoms. The maximum absolute atomic E-state index is 11.8. The van der Waals surface area contributed by atoms with Crippen LogP contribution < -0.4 is 11.1 Å². The SMILES string of the molecule is CC1/C=C(/C(N)=O)C(=O)NC(C)CCCOC1. The number of amides is 2. The van der Waals surface area contributed by atoms with E-state index in [1.165, 1.54) is 0 Å². The lowest BCUT2D eigenvalue weighted by atomic mass is 10.1. The van der Waals surface area contributed by atoms with Crippen LogP contribution in [-0.4, -0.2) is 31.1 Å². The fourth-order valence-electron chi connectivity index (χ4n) is 1.74. The molecule has 0 aliphatic carbocycles. The number of carbonyl (C=O) groups excluding carboxylic acids is 2. The van der Waals surface area contributed by atoms with E-state index in [2.05, 4.69) is 5.32 Å². The molecule has 2 amide bonds. The Morgan fingerprint density at radius 3 is 2.88 bits per heavy atom. The van der Waals surface area contributed by atoms with Crippen molar-refractivity contribution >= 4 is 11.8 Å². The molecule has 5 heteroatoms. The summed E-state index contributed by atoms with van der Waals surface area (Å²) >= 11 is 0. The van der Waals surface area contributed by atoms with Gasteiger partial charge in [0.05, 0.1) is 6.61 Å². The Morgan fingerprint density at radius 1 is 1.53 bits per heavy atom. The smallest absolute Gasteiger partial charge is 0.256 e. The normalized spacial score (nSPS) is 30.7. The molecular formula is C12H20N2O3. The Morgan fingerprint density at radius 2 is 2.24 bits per heavy atom. The summed E-state index contributed by atoms with van der Waals surface area (Å²) in [4.78, 5) is 23.0. The number of nitrogens with two attached hydrogens (primary N) is 1. The second-order valence-corrected chi connectivity index (χ2v) is 4.51. The van der Waals surface area contributed by atoms with Crippen molar-refractivity contribution in [2.24, 2.45) is 11.7 Å². The highest BCUT2D eigenvalue weighted by Crippen LogP contribution is 2.08. The van der Waals surface area contributed by atoms with Crippen LogP contribution in [0.5, 0.6) is 0 Å². The van der Waals surface area contributed by atoms with Gasteiger partial charge in [-0.2, -0.15) is 0 Å². The second kappa shape index (κ2) is 6.39. The minimum Gasteiger partial charge on any atom is -0.381 e. The van der Waals surface area contributed by atoms with Crippen LogP contribution in [0.4, 0.5) is 0 Å². The maximum Gasteiger partial charge on any atom is 0.256 e. The molecule has 2 atom stereocenters. The topological polar surface area (TPSA) is 81.4 Å². The number of carbonyl (C=O) groups is 2. The predicted octanol–water partition coefficient (Wildman–Crippen LogP) is 0.349. The minimum atomic E-state index is -0.694. The van der Waals surface area contributed by atoms with Gasteiger partial charge in [0.15, 0.2) is 0 Å². The Hall–Kier alpha value is -1.36. The van der Waals surface area contributed by atoms with E-state index in [9.17, 15) is 9.59 Å². The van der Waals surface area contributed by atoms with E-state index in [-0.39, 0.29) is 17.5 Å². The van der Waals surface area contributed by atoms with Gasteiger partial charge in [-0.1, -0.05) is 13.0 Å². The van der Waals surface area contributed by atoms with Gasteiger partial charge in [-0.15, -0.1) is 0 Å². The summed E-state index contributed by atoms with van der Waals surface area (Å²) < 4.78 is 5.45. The third kappa shape index (κ3) is 4.56. The first-order valence-corrected chi connectivity index (χ1v) is 5.91. The van der Waals surface area contributed by atoms with Gasteiger partial charge in [-0.05, 0) is 25.7 Å². The molecule has 96 valence electrons. The van der Waals surface area contributed by atoms with Crippen LogP contribution in [0.15, 0.2) is 11.6 Å². The van der Waals surface area contributed by atoms with Gasteiger partial charge >= 0.3 is 0 Å². The molecule has 1 heterocycles. The molecule has 3 N–H and O–H groups in total.